The Morgan fingerprint density at radius 2 is 1.79 bits per heavy atom. The molecule has 184 valence electrons. The van der Waals surface area contributed by atoms with Crippen LogP contribution >= 0.6 is 0 Å². The number of aryl methyl sites for hydroxylation is 1. The lowest BCUT2D eigenvalue weighted by Crippen LogP contribution is -2.48. The first-order valence-corrected chi connectivity index (χ1v) is 11.9. The molecule has 1 aliphatic heterocycles. The summed E-state index contributed by atoms with van der Waals surface area (Å²) >= 11 is 0. The monoisotopic (exact) mass is 497 g/mol. The number of carbonyl (C=O) groups is 2. The quantitative estimate of drug-likeness (QED) is 0.407. The number of ether oxygens (including phenoxy) is 3. The van der Waals surface area contributed by atoms with Gasteiger partial charge in [0.2, 0.25) is 15.8 Å². The van der Waals surface area contributed by atoms with Gasteiger partial charge in [-0.3, -0.25) is 4.79 Å². The Morgan fingerprint density at radius 1 is 1.12 bits per heavy atom. The number of hydrogen-bond acceptors (Lipinski definition) is 7. The van der Waals surface area contributed by atoms with Crippen LogP contribution in [0.25, 0.3) is 0 Å². The molecule has 0 aliphatic carbocycles. The molecular weight excluding hydrogens is 472 g/mol. The molecular formula is C23H25F2NO7S. The number of morpholine rings is 1. The van der Waals surface area contributed by atoms with Crippen LogP contribution in [0.1, 0.15) is 40.1 Å². The van der Waals surface area contributed by atoms with Crippen LogP contribution in [0, 0.1) is 6.92 Å². The summed E-state index contributed by atoms with van der Waals surface area (Å²) in [5.41, 5.74) is 0.400. The zero-order chi connectivity index (χ0) is 25.0. The summed E-state index contributed by atoms with van der Waals surface area (Å²) < 4.78 is 67.6. The van der Waals surface area contributed by atoms with Crippen molar-refractivity contribution in [2.45, 2.75) is 44.5 Å². The SMILES string of the molecule is Cc1ccc(OC(F)F)c(C(=O)COC(=O)c2cccc(S(=O)(=O)N3CC(C)OC(C)C3)c2)c1. The molecule has 2 aromatic rings. The van der Waals surface area contributed by atoms with Crippen LogP contribution in [0.15, 0.2) is 47.4 Å². The van der Waals surface area contributed by atoms with Gasteiger partial charge in [-0.25, -0.2) is 13.2 Å². The Bertz CT molecular complexity index is 1160. The fourth-order valence-electron chi connectivity index (χ4n) is 3.61. The molecule has 0 amide bonds. The van der Waals surface area contributed by atoms with Crippen molar-refractivity contribution in [1.29, 1.82) is 0 Å². The molecule has 34 heavy (non-hydrogen) atoms. The second-order valence-electron chi connectivity index (χ2n) is 7.98. The van der Waals surface area contributed by atoms with E-state index in [-0.39, 0.29) is 47.1 Å². The number of sulfonamides is 1. The van der Waals surface area contributed by atoms with E-state index >= 15 is 0 Å². The third-order valence-corrected chi connectivity index (χ3v) is 6.91. The van der Waals surface area contributed by atoms with Gasteiger partial charge in [-0.2, -0.15) is 13.1 Å². The molecule has 2 unspecified atom stereocenters. The first kappa shape index (κ1) is 25.7. The number of carbonyl (C=O) groups excluding carboxylic acids is 2. The molecule has 1 saturated heterocycles. The number of ketones is 1. The highest BCUT2D eigenvalue weighted by atomic mass is 32.2. The van der Waals surface area contributed by atoms with Crippen molar-refractivity contribution in [1.82, 2.24) is 4.31 Å². The van der Waals surface area contributed by atoms with Crippen LogP contribution in [0.4, 0.5) is 8.78 Å². The summed E-state index contributed by atoms with van der Waals surface area (Å²) in [6.07, 6.45) is -0.559. The summed E-state index contributed by atoms with van der Waals surface area (Å²) in [4.78, 5) is 24.9. The van der Waals surface area contributed by atoms with E-state index in [1.165, 1.54) is 46.8 Å². The summed E-state index contributed by atoms with van der Waals surface area (Å²) in [5, 5.41) is 0. The number of alkyl halides is 2. The van der Waals surface area contributed by atoms with Gasteiger partial charge >= 0.3 is 12.6 Å². The molecule has 1 heterocycles. The van der Waals surface area contributed by atoms with E-state index in [4.69, 9.17) is 9.47 Å². The van der Waals surface area contributed by atoms with E-state index in [0.29, 0.717) is 5.56 Å². The van der Waals surface area contributed by atoms with Gasteiger partial charge in [0.25, 0.3) is 0 Å². The van der Waals surface area contributed by atoms with Crippen molar-refractivity contribution in [2.24, 2.45) is 0 Å². The molecule has 0 aromatic heterocycles. The van der Waals surface area contributed by atoms with E-state index in [1.54, 1.807) is 20.8 Å². The van der Waals surface area contributed by atoms with Crippen molar-refractivity contribution in [3.8, 4) is 5.75 Å². The van der Waals surface area contributed by atoms with E-state index < -0.39 is 35.0 Å². The summed E-state index contributed by atoms with van der Waals surface area (Å²) in [5.74, 6) is -2.01. The van der Waals surface area contributed by atoms with Gasteiger partial charge in [0.1, 0.15) is 5.75 Å². The molecule has 8 nitrogen and oxygen atoms in total. The average Bonchev–Trinajstić information content (AvgIpc) is 2.77. The number of nitrogens with zero attached hydrogens (tertiary/aromatic N) is 1. The summed E-state index contributed by atoms with van der Waals surface area (Å²) in [6, 6.07) is 9.38. The third-order valence-electron chi connectivity index (χ3n) is 5.08. The summed E-state index contributed by atoms with van der Waals surface area (Å²) in [6.45, 7) is 1.70. The average molecular weight is 498 g/mol. The van der Waals surface area contributed by atoms with Gasteiger partial charge in [0.15, 0.2) is 6.61 Å². The molecule has 11 heteroatoms. The van der Waals surface area contributed by atoms with Crippen molar-refractivity contribution < 1.29 is 41.0 Å². The predicted molar refractivity (Wildman–Crippen MR) is 118 cm³/mol. The minimum absolute atomic E-state index is 0.0727. The second-order valence-corrected chi connectivity index (χ2v) is 9.92. The zero-order valence-corrected chi connectivity index (χ0v) is 19.7. The highest BCUT2D eigenvalue weighted by Crippen LogP contribution is 2.24. The van der Waals surface area contributed by atoms with Crippen LogP contribution in [0.2, 0.25) is 0 Å². The largest absolute Gasteiger partial charge is 0.454 e. The Balaban J connectivity index is 1.73. The maximum atomic E-state index is 13.1. The summed E-state index contributed by atoms with van der Waals surface area (Å²) in [7, 11) is -3.89. The van der Waals surface area contributed by atoms with Crippen LogP contribution in [-0.4, -0.2) is 63.0 Å². The number of hydrogen-bond donors (Lipinski definition) is 0. The maximum Gasteiger partial charge on any atom is 0.387 e. The Kier molecular flexibility index (Phi) is 8.01. The number of esters is 1. The molecule has 0 N–H and O–H groups in total. The Labute approximate surface area is 196 Å². The van der Waals surface area contributed by atoms with Gasteiger partial charge in [0, 0.05) is 13.1 Å². The highest BCUT2D eigenvalue weighted by molar-refractivity contribution is 7.89. The lowest BCUT2D eigenvalue weighted by molar-refractivity contribution is -0.0502. The molecule has 1 fully saturated rings. The van der Waals surface area contributed by atoms with E-state index in [2.05, 4.69) is 4.74 Å². The Morgan fingerprint density at radius 3 is 2.44 bits per heavy atom. The minimum Gasteiger partial charge on any atom is -0.454 e. The van der Waals surface area contributed by atoms with Gasteiger partial charge in [0.05, 0.1) is 28.2 Å². The van der Waals surface area contributed by atoms with E-state index in [0.717, 1.165) is 0 Å². The molecule has 2 aromatic carbocycles. The molecule has 0 radical (unpaired) electrons. The predicted octanol–water partition coefficient (Wildman–Crippen LogP) is 3.43. The smallest absolute Gasteiger partial charge is 0.387 e. The molecule has 3 rings (SSSR count). The fourth-order valence-corrected chi connectivity index (χ4v) is 5.25. The van der Waals surface area contributed by atoms with Gasteiger partial charge in [-0.1, -0.05) is 17.7 Å². The van der Waals surface area contributed by atoms with Crippen LogP contribution < -0.4 is 4.74 Å². The van der Waals surface area contributed by atoms with E-state index in [1.807, 2.05) is 0 Å². The number of benzene rings is 2. The van der Waals surface area contributed by atoms with Crippen LogP contribution in [0.5, 0.6) is 5.75 Å². The topological polar surface area (TPSA) is 99.2 Å². The Hall–Kier alpha value is -2.89. The van der Waals surface area contributed by atoms with Gasteiger partial charge in [-0.05, 0) is 51.1 Å². The first-order chi connectivity index (χ1) is 16.0. The normalized spacial score (nSPS) is 19.1. The molecule has 0 bridgehead atoms. The third kappa shape index (κ3) is 6.16. The lowest BCUT2D eigenvalue weighted by atomic mass is 10.1. The molecule has 2 atom stereocenters. The van der Waals surface area contributed by atoms with Crippen molar-refractivity contribution in [3.05, 3.63) is 59.2 Å². The minimum atomic E-state index is -3.89. The standard InChI is InChI=1S/C23H25F2NO7S/c1-14-7-8-21(33-23(24)25)19(9-14)20(27)13-31-22(28)17-5-4-6-18(10-17)34(29,30)26-11-15(2)32-16(3)12-26/h4-10,15-16,23H,11-13H2,1-3H3. The van der Waals surface area contributed by atoms with Crippen molar-refractivity contribution in [2.75, 3.05) is 19.7 Å². The number of rotatable bonds is 8. The van der Waals surface area contributed by atoms with Crippen LogP contribution in [0.3, 0.4) is 0 Å². The molecule has 1 aliphatic rings. The number of Topliss-reactive ketones (excluding diaryl/α,β-unsaturated/α-hetero) is 1. The van der Waals surface area contributed by atoms with Crippen molar-refractivity contribution in [3.63, 3.8) is 0 Å². The zero-order valence-electron chi connectivity index (χ0n) is 18.9. The van der Waals surface area contributed by atoms with Crippen LogP contribution in [-0.2, 0) is 19.5 Å². The number of halogens is 2. The fraction of sp³-hybridized carbons (Fsp3) is 0.391. The van der Waals surface area contributed by atoms with Gasteiger partial charge < -0.3 is 14.2 Å². The maximum absolute atomic E-state index is 13.1. The van der Waals surface area contributed by atoms with Gasteiger partial charge in [-0.15, -0.1) is 0 Å². The molecule has 0 saturated carbocycles. The first-order valence-electron chi connectivity index (χ1n) is 10.5. The highest BCUT2D eigenvalue weighted by Gasteiger charge is 2.32. The lowest BCUT2D eigenvalue weighted by Gasteiger charge is -2.34. The second kappa shape index (κ2) is 10.6. The molecule has 0 spiro atoms. The van der Waals surface area contributed by atoms with E-state index in [9.17, 15) is 26.8 Å². The van der Waals surface area contributed by atoms with Crippen molar-refractivity contribution >= 4 is 21.8 Å².